The Hall–Kier alpha value is -1.71. The van der Waals surface area contributed by atoms with E-state index in [9.17, 15) is 14.7 Å². The van der Waals surface area contributed by atoms with E-state index in [1.165, 1.54) is 0 Å². The lowest BCUT2D eigenvalue weighted by atomic mass is 9.85. The molecule has 0 aliphatic carbocycles. The third-order valence-electron chi connectivity index (χ3n) is 3.97. The molecule has 0 aliphatic rings. The molecule has 25 heavy (non-hydrogen) atoms. The maximum Gasteiger partial charge on any atom is 0.268 e. The highest BCUT2D eigenvalue weighted by Crippen LogP contribution is 2.39. The number of H-pyrrole nitrogens is 4. The number of phenols is 1. The van der Waals surface area contributed by atoms with E-state index in [1.807, 2.05) is 0 Å². The zero-order valence-electron chi connectivity index (χ0n) is 13.2. The molecule has 0 aliphatic heterocycles. The standard InChI is InChI=1S/C15H14Br2N4O3.ClH/c1-5-10(14(23)20-18-5)12(11-6(2)19-21-15(11)24)7-3-8(16)13(22)9(17)4-7;/h3-4,12,22H,1-2H3,(H2,18,20,23)(H2,19,21,24);1H. The molecule has 2 heterocycles. The van der Waals surface area contributed by atoms with E-state index in [0.29, 0.717) is 37.0 Å². The van der Waals surface area contributed by atoms with Crippen molar-refractivity contribution in [2.75, 3.05) is 0 Å². The van der Waals surface area contributed by atoms with E-state index in [1.54, 1.807) is 26.0 Å². The van der Waals surface area contributed by atoms with Gasteiger partial charge in [-0.15, -0.1) is 12.4 Å². The maximum absolute atomic E-state index is 12.3. The zero-order valence-corrected chi connectivity index (χ0v) is 17.1. The quantitative estimate of drug-likeness (QED) is 0.385. The predicted octanol–water partition coefficient (Wildman–Crippen LogP) is 3.17. The van der Waals surface area contributed by atoms with Gasteiger partial charge in [-0.25, -0.2) is 0 Å². The Morgan fingerprint density at radius 3 is 1.60 bits per heavy atom. The predicted molar refractivity (Wildman–Crippen MR) is 104 cm³/mol. The molecule has 0 saturated carbocycles. The number of aromatic nitrogens is 4. The van der Waals surface area contributed by atoms with Crippen molar-refractivity contribution in [1.29, 1.82) is 0 Å². The molecule has 0 radical (unpaired) electrons. The van der Waals surface area contributed by atoms with Gasteiger partial charge in [-0.1, -0.05) is 0 Å². The van der Waals surface area contributed by atoms with Gasteiger partial charge in [0.05, 0.1) is 20.1 Å². The van der Waals surface area contributed by atoms with Gasteiger partial charge in [0.2, 0.25) is 0 Å². The minimum atomic E-state index is -0.594. The first kappa shape index (κ1) is 19.6. The van der Waals surface area contributed by atoms with Crippen LogP contribution in [-0.2, 0) is 0 Å². The van der Waals surface area contributed by atoms with E-state index in [4.69, 9.17) is 0 Å². The Morgan fingerprint density at radius 1 is 0.880 bits per heavy atom. The summed E-state index contributed by atoms with van der Waals surface area (Å²) in [6, 6.07) is 3.39. The summed E-state index contributed by atoms with van der Waals surface area (Å²) in [6.45, 7) is 3.53. The highest BCUT2D eigenvalue weighted by Gasteiger charge is 2.29. The second kappa shape index (κ2) is 7.27. The van der Waals surface area contributed by atoms with Crippen LogP contribution in [-0.4, -0.2) is 25.5 Å². The average molecular weight is 495 g/mol. The van der Waals surface area contributed by atoms with Crippen LogP contribution in [0.4, 0.5) is 0 Å². The molecule has 0 atom stereocenters. The van der Waals surface area contributed by atoms with Gasteiger partial charge < -0.3 is 15.3 Å². The van der Waals surface area contributed by atoms with Gasteiger partial charge in [-0.05, 0) is 63.4 Å². The maximum atomic E-state index is 12.3. The zero-order chi connectivity index (χ0) is 17.6. The van der Waals surface area contributed by atoms with Gasteiger partial charge >= 0.3 is 0 Å². The summed E-state index contributed by atoms with van der Waals surface area (Å²) >= 11 is 6.60. The summed E-state index contributed by atoms with van der Waals surface area (Å²) in [5.74, 6) is -0.542. The van der Waals surface area contributed by atoms with Gasteiger partial charge in [-0.3, -0.25) is 19.8 Å². The monoisotopic (exact) mass is 492 g/mol. The van der Waals surface area contributed by atoms with Crippen molar-refractivity contribution in [3.8, 4) is 5.75 Å². The lowest BCUT2D eigenvalue weighted by Gasteiger charge is -2.17. The fourth-order valence-corrected chi connectivity index (χ4v) is 4.06. The van der Waals surface area contributed by atoms with Crippen LogP contribution in [0, 0.1) is 13.8 Å². The van der Waals surface area contributed by atoms with Gasteiger partial charge in [-0.2, -0.15) is 0 Å². The van der Waals surface area contributed by atoms with Gasteiger partial charge in [0.25, 0.3) is 11.1 Å². The van der Waals surface area contributed by atoms with Crippen molar-refractivity contribution >= 4 is 44.3 Å². The van der Waals surface area contributed by atoms with Crippen molar-refractivity contribution < 1.29 is 5.11 Å². The van der Waals surface area contributed by atoms with Crippen LogP contribution in [0.1, 0.15) is 34.0 Å². The molecule has 7 nitrogen and oxygen atoms in total. The number of benzene rings is 1. The number of rotatable bonds is 3. The SMILES string of the molecule is Cc1[nH][nH]c(=O)c1C(c1cc(Br)c(O)c(Br)c1)c1c(C)[nH][nH]c1=O.Cl. The molecule has 0 unspecified atom stereocenters. The third-order valence-corrected chi connectivity index (χ3v) is 5.18. The number of halogens is 3. The third kappa shape index (κ3) is 3.36. The number of aromatic amines is 4. The molecule has 0 bridgehead atoms. The van der Waals surface area contributed by atoms with Gasteiger partial charge in [0.15, 0.2) is 0 Å². The molecule has 0 amide bonds. The van der Waals surface area contributed by atoms with Crippen LogP contribution in [0.25, 0.3) is 0 Å². The number of hydrogen-bond acceptors (Lipinski definition) is 3. The summed E-state index contributed by atoms with van der Waals surface area (Å²) in [4.78, 5) is 24.7. The van der Waals surface area contributed by atoms with Crippen LogP contribution in [0.3, 0.4) is 0 Å². The highest BCUT2D eigenvalue weighted by molar-refractivity contribution is 9.11. The molecule has 1 aromatic carbocycles. The second-order valence-corrected chi connectivity index (χ2v) is 7.21. The molecule has 3 rings (SSSR count). The minimum Gasteiger partial charge on any atom is -0.506 e. The van der Waals surface area contributed by atoms with Crippen molar-refractivity contribution in [2.45, 2.75) is 19.8 Å². The van der Waals surface area contributed by atoms with Crippen molar-refractivity contribution in [3.63, 3.8) is 0 Å². The molecule has 10 heteroatoms. The second-order valence-electron chi connectivity index (χ2n) is 5.50. The number of phenolic OH excluding ortho intramolecular Hbond substituents is 1. The van der Waals surface area contributed by atoms with Crippen molar-refractivity contribution in [2.24, 2.45) is 0 Å². The Balaban J connectivity index is 0.00000225. The molecule has 0 saturated heterocycles. The first-order valence-corrected chi connectivity index (χ1v) is 8.62. The molecular formula is C15H15Br2ClN4O3. The average Bonchev–Trinajstić information content (AvgIpc) is 3.02. The van der Waals surface area contributed by atoms with Crippen LogP contribution in [0.15, 0.2) is 30.7 Å². The number of aromatic hydroxyl groups is 1. The topological polar surface area (TPSA) is 118 Å². The normalized spacial score (nSPS) is 10.9. The lowest BCUT2D eigenvalue weighted by molar-refractivity contribution is 0.468. The first-order valence-electron chi connectivity index (χ1n) is 7.03. The molecule has 0 fully saturated rings. The summed E-state index contributed by atoms with van der Waals surface area (Å²) in [7, 11) is 0. The fourth-order valence-electron chi connectivity index (χ4n) is 2.84. The molecule has 2 aromatic heterocycles. The van der Waals surface area contributed by atoms with Crippen molar-refractivity contribution in [1.82, 2.24) is 20.4 Å². The van der Waals surface area contributed by atoms with Gasteiger partial charge in [0, 0.05) is 17.3 Å². The van der Waals surface area contributed by atoms with Crippen LogP contribution < -0.4 is 11.1 Å². The largest absolute Gasteiger partial charge is 0.506 e. The van der Waals surface area contributed by atoms with Crippen LogP contribution >= 0.6 is 44.3 Å². The Labute approximate surface area is 164 Å². The van der Waals surface area contributed by atoms with Crippen molar-refractivity contribution in [3.05, 3.63) is 69.9 Å². The number of hydrogen-bond donors (Lipinski definition) is 5. The van der Waals surface area contributed by atoms with E-state index >= 15 is 0 Å². The van der Waals surface area contributed by atoms with Crippen LogP contribution in [0.5, 0.6) is 5.75 Å². The Morgan fingerprint density at radius 2 is 1.28 bits per heavy atom. The van der Waals surface area contributed by atoms with E-state index in [2.05, 4.69) is 52.3 Å². The molecule has 0 spiro atoms. The molecule has 5 N–H and O–H groups in total. The van der Waals surface area contributed by atoms with E-state index < -0.39 is 5.92 Å². The van der Waals surface area contributed by atoms with E-state index in [-0.39, 0.29) is 29.3 Å². The Kier molecular flexibility index (Phi) is 5.70. The smallest absolute Gasteiger partial charge is 0.268 e. The highest BCUT2D eigenvalue weighted by atomic mass is 79.9. The summed E-state index contributed by atoms with van der Waals surface area (Å²) in [5, 5.41) is 20.6. The lowest BCUT2D eigenvalue weighted by Crippen LogP contribution is -2.20. The number of nitrogens with one attached hydrogen (secondary N) is 4. The molecule has 3 aromatic rings. The molecule has 134 valence electrons. The summed E-state index contributed by atoms with van der Waals surface area (Å²) in [6.07, 6.45) is 0. The first-order chi connectivity index (χ1) is 11.3. The Bertz CT molecular complexity index is 957. The van der Waals surface area contributed by atoms with Gasteiger partial charge in [0.1, 0.15) is 5.75 Å². The minimum absolute atomic E-state index is 0. The summed E-state index contributed by atoms with van der Waals surface area (Å²) in [5.41, 5.74) is 2.29. The number of aryl methyl sites for hydroxylation is 2. The molecular weight excluding hydrogens is 479 g/mol. The summed E-state index contributed by atoms with van der Waals surface area (Å²) < 4.78 is 0.928. The fraction of sp³-hybridized carbons (Fsp3) is 0.200. The van der Waals surface area contributed by atoms with E-state index in [0.717, 1.165) is 0 Å². The van der Waals surface area contributed by atoms with Crippen LogP contribution in [0.2, 0.25) is 0 Å².